The van der Waals surface area contributed by atoms with Crippen LogP contribution in [0.25, 0.3) is 5.57 Å². The Morgan fingerprint density at radius 1 is 1.35 bits per heavy atom. The number of β-lactam (4-membered cyclic amide) rings is 1. The predicted octanol–water partition coefficient (Wildman–Crippen LogP) is -1.21. The maximum absolute atomic E-state index is 13.2. The van der Waals surface area contributed by atoms with Crippen molar-refractivity contribution in [3.63, 3.8) is 0 Å². The third-order valence-electron chi connectivity index (χ3n) is 6.84. The maximum Gasteiger partial charge on any atom is 1.00 e. The molecule has 4 aliphatic rings. The van der Waals surface area contributed by atoms with Crippen LogP contribution in [0.1, 0.15) is 38.8 Å². The van der Waals surface area contributed by atoms with Gasteiger partial charge < -0.3 is 21.1 Å². The zero-order chi connectivity index (χ0) is 21.4. The Bertz CT molecular complexity index is 970. The second kappa shape index (κ2) is 8.06. The minimum absolute atomic E-state index is 0. The third-order valence-corrected chi connectivity index (χ3v) is 9.08. The van der Waals surface area contributed by atoms with Crippen LogP contribution in [0.3, 0.4) is 0 Å². The minimum Gasteiger partial charge on any atom is -0.480 e. The second-order valence-electron chi connectivity index (χ2n) is 9.04. The molecular weight excluding hydrogens is 447 g/mol. The first-order valence-corrected chi connectivity index (χ1v) is 11.9. The van der Waals surface area contributed by atoms with Gasteiger partial charge >= 0.3 is 35.5 Å². The van der Waals surface area contributed by atoms with Crippen LogP contribution in [-0.4, -0.2) is 55.0 Å². The number of nitrogen functional groups attached to an aromatic ring is 1. The van der Waals surface area contributed by atoms with Crippen molar-refractivity contribution >= 4 is 51.6 Å². The number of carbonyl (C=O) groups excluding carboxylic acids is 2. The number of carbonyl (C=O) groups is 3. The summed E-state index contributed by atoms with van der Waals surface area (Å²) in [5.41, 5.74) is 6.79. The third kappa shape index (κ3) is 3.74. The van der Waals surface area contributed by atoms with Gasteiger partial charge in [-0.3, -0.25) is 9.59 Å². The number of allylic oxidation sites excluding steroid dienone is 1. The molecule has 4 N–H and O–H groups in total. The summed E-state index contributed by atoms with van der Waals surface area (Å²) in [6.07, 6.45) is 5.64. The van der Waals surface area contributed by atoms with Crippen LogP contribution in [0.4, 0.5) is 5.13 Å². The molecule has 0 aromatic carbocycles. The number of fused-ring (bicyclic) bond motifs is 2. The Hall–Kier alpha value is -1.07. The standard InChI is InChI=1S/C20H24N4O4S2.Na/c1-20(2)14(18(27)28)24-16(26)13(17(24)30-20)23-15(25)11(12-7-29-19(21)22-12)6-10-8-4-3-5-9(8)10;/h6-10,13-14,17H,3-5H2,1-2H3,(H2,21,22)(H,23,25)(H,27,28);/q;+1/b11-6+;. The summed E-state index contributed by atoms with van der Waals surface area (Å²) < 4.78 is -0.626. The molecule has 160 valence electrons. The van der Waals surface area contributed by atoms with Gasteiger partial charge in [0.25, 0.3) is 5.91 Å². The Morgan fingerprint density at radius 2 is 2.03 bits per heavy atom. The van der Waals surface area contributed by atoms with E-state index < -0.39 is 22.8 Å². The van der Waals surface area contributed by atoms with E-state index in [1.165, 1.54) is 47.3 Å². The van der Waals surface area contributed by atoms with Crippen molar-refractivity contribution in [1.82, 2.24) is 15.2 Å². The monoisotopic (exact) mass is 471 g/mol. The van der Waals surface area contributed by atoms with Crippen molar-refractivity contribution < 1.29 is 49.0 Å². The molecule has 0 radical (unpaired) electrons. The van der Waals surface area contributed by atoms with Gasteiger partial charge in [0.1, 0.15) is 17.5 Å². The second-order valence-corrected chi connectivity index (χ2v) is 11.7. The minimum atomic E-state index is -1.02. The molecule has 5 atom stereocenters. The molecule has 31 heavy (non-hydrogen) atoms. The van der Waals surface area contributed by atoms with Crippen LogP contribution in [-0.2, 0) is 14.4 Å². The zero-order valence-electron chi connectivity index (χ0n) is 17.7. The maximum atomic E-state index is 13.2. The Kier molecular flexibility index (Phi) is 6.00. The van der Waals surface area contributed by atoms with Crippen molar-refractivity contribution in [1.29, 1.82) is 0 Å². The van der Waals surface area contributed by atoms with E-state index in [1.54, 1.807) is 5.38 Å². The molecule has 11 heteroatoms. The number of thiazole rings is 1. The number of hydrogen-bond donors (Lipinski definition) is 3. The number of aliphatic carboxylic acids is 1. The summed E-state index contributed by atoms with van der Waals surface area (Å²) in [6, 6.07) is -1.63. The van der Waals surface area contributed by atoms with Gasteiger partial charge in [-0.25, -0.2) is 9.78 Å². The molecule has 0 bridgehead atoms. The molecule has 5 rings (SSSR count). The topological polar surface area (TPSA) is 126 Å². The summed E-state index contributed by atoms with van der Waals surface area (Å²) in [5, 5.41) is 14.2. The van der Waals surface area contributed by atoms with E-state index in [9.17, 15) is 19.5 Å². The molecule has 8 nitrogen and oxygen atoms in total. The van der Waals surface area contributed by atoms with E-state index >= 15 is 0 Å². The van der Waals surface area contributed by atoms with Gasteiger partial charge in [0.2, 0.25) is 5.91 Å². The van der Waals surface area contributed by atoms with Gasteiger partial charge in [-0.15, -0.1) is 23.1 Å². The van der Waals surface area contributed by atoms with Crippen molar-refractivity contribution in [2.75, 3.05) is 5.73 Å². The van der Waals surface area contributed by atoms with Gasteiger partial charge in [0.15, 0.2) is 5.13 Å². The largest absolute Gasteiger partial charge is 1.00 e. The summed E-state index contributed by atoms with van der Waals surface area (Å²) in [6.45, 7) is 3.63. The molecule has 2 aliphatic heterocycles. The van der Waals surface area contributed by atoms with E-state index in [-0.39, 0.29) is 46.7 Å². The fourth-order valence-corrected chi connectivity index (χ4v) is 7.56. The normalized spacial score (nSPS) is 35.0. The molecular formula is C20H24N4NaO4S2+. The van der Waals surface area contributed by atoms with Crippen LogP contribution in [0, 0.1) is 17.8 Å². The van der Waals surface area contributed by atoms with Crippen LogP contribution in [0.2, 0.25) is 0 Å². The smallest absolute Gasteiger partial charge is 0.480 e. The quantitative estimate of drug-likeness (QED) is 0.280. The van der Waals surface area contributed by atoms with Crippen molar-refractivity contribution in [3.8, 4) is 0 Å². The predicted molar refractivity (Wildman–Crippen MR) is 114 cm³/mol. The first-order valence-electron chi connectivity index (χ1n) is 10.2. The number of anilines is 1. The molecule has 5 unspecified atom stereocenters. The average Bonchev–Trinajstić information content (AvgIpc) is 3.06. The average molecular weight is 472 g/mol. The number of carboxylic acid groups (broad SMARTS) is 1. The molecule has 1 aromatic rings. The molecule has 4 fully saturated rings. The summed E-state index contributed by atoms with van der Waals surface area (Å²) in [7, 11) is 0. The number of carboxylic acids is 1. The van der Waals surface area contributed by atoms with Gasteiger partial charge in [-0.1, -0.05) is 12.5 Å². The van der Waals surface area contributed by atoms with Gasteiger partial charge in [-0.2, -0.15) is 0 Å². The number of thioether (sulfide) groups is 1. The van der Waals surface area contributed by atoms with Crippen molar-refractivity contribution in [3.05, 3.63) is 17.2 Å². The van der Waals surface area contributed by atoms with Gasteiger partial charge in [-0.05, 0) is 44.4 Å². The number of aromatic nitrogens is 1. The number of nitrogens with one attached hydrogen (secondary N) is 1. The SMILES string of the molecule is CC1(C)SC2C(NC(=O)/C(=C/C3C4CCCC34)c3csc(N)n3)C(=O)N2C1C(=O)O.[Na+]. The van der Waals surface area contributed by atoms with Crippen molar-refractivity contribution in [2.24, 2.45) is 17.8 Å². The number of rotatable bonds is 5. The fourth-order valence-electron chi connectivity index (χ4n) is 5.37. The molecule has 2 saturated heterocycles. The van der Waals surface area contributed by atoms with Crippen LogP contribution in [0.5, 0.6) is 0 Å². The van der Waals surface area contributed by atoms with E-state index in [2.05, 4.69) is 10.3 Å². The fraction of sp³-hybridized carbons (Fsp3) is 0.600. The van der Waals surface area contributed by atoms with Gasteiger partial charge in [0, 0.05) is 10.1 Å². The molecule has 2 aliphatic carbocycles. The summed E-state index contributed by atoms with van der Waals surface area (Å²) in [5.74, 6) is -0.0434. The Balaban J connectivity index is 0.00000231. The first kappa shape index (κ1) is 23.1. The molecule has 3 heterocycles. The van der Waals surface area contributed by atoms with E-state index in [0.29, 0.717) is 34.2 Å². The number of nitrogens with zero attached hydrogens (tertiary/aromatic N) is 2. The molecule has 2 saturated carbocycles. The number of hydrogen-bond acceptors (Lipinski definition) is 7. The van der Waals surface area contributed by atoms with Crippen LogP contribution >= 0.6 is 23.1 Å². The van der Waals surface area contributed by atoms with Crippen LogP contribution in [0.15, 0.2) is 11.5 Å². The van der Waals surface area contributed by atoms with Crippen LogP contribution < -0.4 is 40.6 Å². The van der Waals surface area contributed by atoms with Crippen molar-refractivity contribution in [2.45, 2.75) is 55.3 Å². The zero-order valence-corrected chi connectivity index (χ0v) is 21.3. The number of nitrogens with two attached hydrogens (primary N) is 1. The van der Waals surface area contributed by atoms with E-state index in [1.807, 2.05) is 19.9 Å². The Labute approximate surface area is 210 Å². The molecule has 1 aromatic heterocycles. The van der Waals surface area contributed by atoms with Gasteiger partial charge in [0.05, 0.1) is 11.3 Å². The summed E-state index contributed by atoms with van der Waals surface area (Å²) >= 11 is 2.69. The first-order chi connectivity index (χ1) is 14.2. The number of amides is 2. The van der Waals surface area contributed by atoms with E-state index in [0.717, 1.165) is 0 Å². The molecule has 0 spiro atoms. The Morgan fingerprint density at radius 3 is 2.61 bits per heavy atom. The summed E-state index contributed by atoms with van der Waals surface area (Å²) in [4.78, 5) is 43.3. The van der Waals surface area contributed by atoms with E-state index in [4.69, 9.17) is 5.73 Å². The molecule has 2 amide bonds.